The van der Waals surface area contributed by atoms with E-state index in [2.05, 4.69) is 4.74 Å². The number of likely N-dealkylation sites (tertiary alicyclic amines) is 1. The van der Waals surface area contributed by atoms with Crippen LogP contribution in [-0.4, -0.2) is 55.6 Å². The van der Waals surface area contributed by atoms with Crippen LogP contribution in [0.1, 0.15) is 19.3 Å². The van der Waals surface area contributed by atoms with Crippen LogP contribution in [0.3, 0.4) is 0 Å². The van der Waals surface area contributed by atoms with Crippen molar-refractivity contribution in [1.82, 2.24) is 9.80 Å². The number of amides is 2. The van der Waals surface area contributed by atoms with Gasteiger partial charge >= 0.3 is 6.09 Å². The van der Waals surface area contributed by atoms with Gasteiger partial charge in [0, 0.05) is 33.6 Å². The van der Waals surface area contributed by atoms with Gasteiger partial charge in [-0.15, -0.1) is 0 Å². The van der Waals surface area contributed by atoms with Gasteiger partial charge in [0.2, 0.25) is 5.91 Å². The van der Waals surface area contributed by atoms with E-state index in [1.165, 1.54) is 0 Å². The monoisotopic (exact) mass is 214 g/mol. The van der Waals surface area contributed by atoms with Gasteiger partial charge in [-0.2, -0.15) is 0 Å². The lowest BCUT2D eigenvalue weighted by atomic mass is 10.4. The first kappa shape index (κ1) is 11.8. The molecule has 0 radical (unpaired) electrons. The molecular formula is C10H18N2O3. The number of cyclic esters (lactones) is 1. The molecule has 2 heterocycles. The number of nitrogens with zero attached hydrogens (tertiary/aromatic N) is 2. The summed E-state index contributed by atoms with van der Waals surface area (Å²) in [4.78, 5) is 24.3. The third-order valence-electron chi connectivity index (χ3n) is 2.48. The van der Waals surface area contributed by atoms with Gasteiger partial charge in [0.05, 0.1) is 6.61 Å². The zero-order valence-electron chi connectivity index (χ0n) is 9.36. The standard InChI is InChI=1S/C5H9NO2.C5H9NO/c1-6-3-2-4-8-5(6)7;1-6-4-2-3-5(6)7/h2-4H2,1H3;2-4H2,1H3. The van der Waals surface area contributed by atoms with Crippen molar-refractivity contribution in [3.63, 3.8) is 0 Å². The fraction of sp³-hybridized carbons (Fsp3) is 0.800. The number of hydrogen-bond acceptors (Lipinski definition) is 3. The molecule has 0 unspecified atom stereocenters. The molecule has 0 aromatic carbocycles. The van der Waals surface area contributed by atoms with Gasteiger partial charge in [0.25, 0.3) is 0 Å². The minimum atomic E-state index is -0.198. The first-order chi connectivity index (χ1) is 7.11. The molecule has 2 saturated heterocycles. The highest BCUT2D eigenvalue weighted by Gasteiger charge is 2.14. The van der Waals surface area contributed by atoms with E-state index in [0.717, 1.165) is 32.4 Å². The van der Waals surface area contributed by atoms with Gasteiger partial charge in [-0.1, -0.05) is 0 Å². The average Bonchev–Trinajstić information content (AvgIpc) is 2.57. The van der Waals surface area contributed by atoms with Crippen molar-refractivity contribution in [3.8, 4) is 0 Å². The van der Waals surface area contributed by atoms with Crippen molar-refractivity contribution in [1.29, 1.82) is 0 Å². The van der Waals surface area contributed by atoms with Gasteiger partial charge in [0.1, 0.15) is 0 Å². The van der Waals surface area contributed by atoms with E-state index in [1.807, 2.05) is 7.05 Å². The Bertz CT molecular complexity index is 243. The molecule has 2 amide bonds. The minimum Gasteiger partial charge on any atom is -0.449 e. The minimum absolute atomic E-state index is 0.198. The van der Waals surface area contributed by atoms with Crippen LogP contribution in [0, 0.1) is 0 Å². The summed E-state index contributed by atoms with van der Waals surface area (Å²) in [7, 11) is 3.58. The van der Waals surface area contributed by atoms with Crippen LogP contribution >= 0.6 is 0 Å². The molecule has 2 fully saturated rings. The number of hydrogen-bond donors (Lipinski definition) is 0. The average molecular weight is 214 g/mol. The van der Waals surface area contributed by atoms with Crippen molar-refractivity contribution < 1.29 is 14.3 Å². The maximum Gasteiger partial charge on any atom is 0.409 e. The van der Waals surface area contributed by atoms with Gasteiger partial charge < -0.3 is 14.5 Å². The van der Waals surface area contributed by atoms with E-state index in [9.17, 15) is 9.59 Å². The smallest absolute Gasteiger partial charge is 0.409 e. The Kier molecular flexibility index (Phi) is 4.39. The molecule has 5 heteroatoms. The highest BCUT2D eigenvalue weighted by atomic mass is 16.6. The summed E-state index contributed by atoms with van der Waals surface area (Å²) in [6, 6.07) is 0. The molecular weight excluding hydrogens is 196 g/mol. The molecule has 0 aromatic rings. The Morgan fingerprint density at radius 1 is 1.07 bits per heavy atom. The summed E-state index contributed by atoms with van der Waals surface area (Å²) in [6.45, 7) is 2.38. The van der Waals surface area contributed by atoms with Gasteiger partial charge in [-0.25, -0.2) is 4.79 Å². The highest BCUT2D eigenvalue weighted by molar-refractivity contribution is 5.77. The van der Waals surface area contributed by atoms with Crippen molar-refractivity contribution in [2.45, 2.75) is 19.3 Å². The summed E-state index contributed by atoms with van der Waals surface area (Å²) < 4.78 is 4.68. The molecule has 0 aromatic heterocycles. The van der Waals surface area contributed by atoms with Crippen LogP contribution in [0.25, 0.3) is 0 Å². The van der Waals surface area contributed by atoms with Crippen LogP contribution in [-0.2, 0) is 9.53 Å². The quantitative estimate of drug-likeness (QED) is 0.596. The molecule has 0 bridgehead atoms. The second-order valence-corrected chi connectivity index (χ2v) is 3.81. The number of carbonyl (C=O) groups is 2. The molecule has 2 aliphatic rings. The molecule has 2 rings (SSSR count). The summed E-state index contributed by atoms with van der Waals surface area (Å²) >= 11 is 0. The van der Waals surface area contributed by atoms with Crippen LogP contribution in [0.15, 0.2) is 0 Å². The van der Waals surface area contributed by atoms with Gasteiger partial charge in [-0.05, 0) is 12.8 Å². The number of rotatable bonds is 0. The maximum absolute atomic E-state index is 10.5. The SMILES string of the molecule is CN1CCCC1=O.CN1CCCOC1=O. The summed E-state index contributed by atoms with van der Waals surface area (Å²) in [5.74, 6) is 0.292. The topological polar surface area (TPSA) is 49.9 Å². The normalized spacial score (nSPS) is 20.9. The fourth-order valence-corrected chi connectivity index (χ4v) is 1.45. The third kappa shape index (κ3) is 3.77. The number of carbonyl (C=O) groups excluding carboxylic acids is 2. The first-order valence-corrected chi connectivity index (χ1v) is 5.23. The second kappa shape index (κ2) is 5.58. The number of ether oxygens (including phenoxy) is 1. The summed E-state index contributed by atoms with van der Waals surface area (Å²) in [6.07, 6.45) is 2.57. The highest BCUT2D eigenvalue weighted by Crippen LogP contribution is 2.04. The van der Waals surface area contributed by atoms with Crippen LogP contribution in [0.4, 0.5) is 4.79 Å². The van der Waals surface area contributed by atoms with E-state index in [1.54, 1.807) is 16.8 Å². The summed E-state index contributed by atoms with van der Waals surface area (Å²) in [5.41, 5.74) is 0. The zero-order chi connectivity index (χ0) is 11.3. The predicted octanol–water partition coefficient (Wildman–Crippen LogP) is 0.697. The van der Waals surface area contributed by atoms with E-state index in [4.69, 9.17) is 0 Å². The molecule has 0 N–H and O–H groups in total. The third-order valence-corrected chi connectivity index (χ3v) is 2.48. The Hall–Kier alpha value is -1.26. The van der Waals surface area contributed by atoms with Crippen molar-refractivity contribution in [2.75, 3.05) is 33.8 Å². The fourth-order valence-electron chi connectivity index (χ4n) is 1.45. The van der Waals surface area contributed by atoms with Crippen molar-refractivity contribution in [3.05, 3.63) is 0 Å². The lowest BCUT2D eigenvalue weighted by Crippen LogP contribution is -2.33. The van der Waals surface area contributed by atoms with E-state index in [-0.39, 0.29) is 6.09 Å². The molecule has 2 aliphatic heterocycles. The van der Waals surface area contributed by atoms with E-state index >= 15 is 0 Å². The first-order valence-electron chi connectivity index (χ1n) is 5.23. The van der Waals surface area contributed by atoms with E-state index in [0.29, 0.717) is 12.5 Å². The molecule has 0 saturated carbocycles. The van der Waals surface area contributed by atoms with Gasteiger partial charge in [-0.3, -0.25) is 4.79 Å². The molecule has 5 nitrogen and oxygen atoms in total. The second-order valence-electron chi connectivity index (χ2n) is 3.81. The predicted molar refractivity (Wildman–Crippen MR) is 55.5 cm³/mol. The van der Waals surface area contributed by atoms with Crippen LogP contribution in [0.2, 0.25) is 0 Å². The molecule has 0 atom stereocenters. The van der Waals surface area contributed by atoms with Crippen LogP contribution in [0.5, 0.6) is 0 Å². The summed E-state index contributed by atoms with van der Waals surface area (Å²) in [5, 5.41) is 0. The lowest BCUT2D eigenvalue weighted by molar-refractivity contribution is -0.126. The largest absolute Gasteiger partial charge is 0.449 e. The Labute approximate surface area is 90.0 Å². The maximum atomic E-state index is 10.5. The molecule has 15 heavy (non-hydrogen) atoms. The molecule has 86 valence electrons. The van der Waals surface area contributed by atoms with Crippen LogP contribution < -0.4 is 0 Å². The Morgan fingerprint density at radius 2 is 1.73 bits per heavy atom. The lowest BCUT2D eigenvalue weighted by Gasteiger charge is -2.21. The molecule has 0 spiro atoms. The van der Waals surface area contributed by atoms with E-state index < -0.39 is 0 Å². The molecule has 0 aliphatic carbocycles. The Balaban J connectivity index is 0.000000151. The Morgan fingerprint density at radius 3 is 2.00 bits per heavy atom. The van der Waals surface area contributed by atoms with Crippen molar-refractivity contribution in [2.24, 2.45) is 0 Å². The van der Waals surface area contributed by atoms with Gasteiger partial charge in [0.15, 0.2) is 0 Å². The van der Waals surface area contributed by atoms with Crippen molar-refractivity contribution >= 4 is 12.0 Å². The zero-order valence-corrected chi connectivity index (χ0v) is 9.36.